The molecule has 1 aromatic rings. The lowest BCUT2D eigenvalue weighted by Gasteiger charge is -2.16. The van der Waals surface area contributed by atoms with Crippen LogP contribution in [0.3, 0.4) is 0 Å². The largest absolute Gasteiger partial charge is 0.348 e. The summed E-state index contributed by atoms with van der Waals surface area (Å²) in [6.45, 7) is 11.1. The Morgan fingerprint density at radius 1 is 1.17 bits per heavy atom. The fourth-order valence-corrected chi connectivity index (χ4v) is 1.77. The molecule has 0 atom stereocenters. The lowest BCUT2D eigenvalue weighted by Crippen LogP contribution is -2.06. The van der Waals surface area contributed by atoms with E-state index < -0.39 is 0 Å². The standard InChI is InChI=1S/C11H19N/c1-8(2)11-10(5)6-7-12(11)9(3)4/h6-9H,1-5H3. The zero-order valence-electron chi connectivity index (χ0n) is 8.76. The average molecular weight is 165 g/mol. The van der Waals surface area contributed by atoms with E-state index in [4.69, 9.17) is 0 Å². The quantitative estimate of drug-likeness (QED) is 0.632. The Bertz CT molecular complexity index is 256. The van der Waals surface area contributed by atoms with E-state index in [1.165, 1.54) is 11.3 Å². The molecule has 0 bridgehead atoms. The van der Waals surface area contributed by atoms with Gasteiger partial charge in [0.15, 0.2) is 0 Å². The van der Waals surface area contributed by atoms with E-state index in [1.54, 1.807) is 0 Å². The number of hydrogen-bond acceptors (Lipinski definition) is 0. The van der Waals surface area contributed by atoms with E-state index in [9.17, 15) is 0 Å². The second kappa shape index (κ2) is 3.34. The molecular weight excluding hydrogens is 146 g/mol. The van der Waals surface area contributed by atoms with Gasteiger partial charge in [0.2, 0.25) is 0 Å². The van der Waals surface area contributed by atoms with Crippen molar-refractivity contribution in [3.8, 4) is 0 Å². The molecule has 1 aromatic heterocycles. The first-order chi connectivity index (χ1) is 5.54. The molecule has 0 saturated heterocycles. The van der Waals surface area contributed by atoms with Crippen LogP contribution >= 0.6 is 0 Å². The Hall–Kier alpha value is -0.720. The molecule has 1 heterocycles. The van der Waals surface area contributed by atoms with Crippen LogP contribution in [-0.2, 0) is 0 Å². The number of aromatic nitrogens is 1. The van der Waals surface area contributed by atoms with Crippen LogP contribution in [-0.4, -0.2) is 4.57 Å². The van der Waals surface area contributed by atoms with Crippen molar-refractivity contribution in [3.63, 3.8) is 0 Å². The maximum absolute atomic E-state index is 2.36. The first kappa shape index (κ1) is 9.37. The van der Waals surface area contributed by atoms with Gasteiger partial charge in [-0.1, -0.05) is 13.8 Å². The highest BCUT2D eigenvalue weighted by Gasteiger charge is 2.10. The molecule has 0 radical (unpaired) electrons. The van der Waals surface area contributed by atoms with E-state index >= 15 is 0 Å². The van der Waals surface area contributed by atoms with Gasteiger partial charge in [-0.2, -0.15) is 0 Å². The van der Waals surface area contributed by atoms with E-state index in [1.807, 2.05) is 0 Å². The minimum Gasteiger partial charge on any atom is -0.348 e. The zero-order chi connectivity index (χ0) is 9.30. The highest BCUT2D eigenvalue weighted by Crippen LogP contribution is 2.23. The molecule has 68 valence electrons. The Morgan fingerprint density at radius 2 is 1.75 bits per heavy atom. The fourth-order valence-electron chi connectivity index (χ4n) is 1.77. The van der Waals surface area contributed by atoms with E-state index in [0.29, 0.717) is 12.0 Å². The summed E-state index contributed by atoms with van der Waals surface area (Å²) < 4.78 is 2.36. The molecule has 0 aliphatic rings. The molecule has 12 heavy (non-hydrogen) atoms. The minimum atomic E-state index is 0.580. The Morgan fingerprint density at radius 3 is 2.08 bits per heavy atom. The molecular formula is C11H19N. The van der Waals surface area contributed by atoms with E-state index in [2.05, 4.69) is 51.4 Å². The summed E-state index contributed by atoms with van der Waals surface area (Å²) in [7, 11) is 0. The van der Waals surface area contributed by atoms with Crippen molar-refractivity contribution in [3.05, 3.63) is 23.5 Å². The van der Waals surface area contributed by atoms with Gasteiger partial charge in [0.25, 0.3) is 0 Å². The molecule has 0 aliphatic heterocycles. The number of rotatable bonds is 2. The van der Waals surface area contributed by atoms with Gasteiger partial charge < -0.3 is 4.57 Å². The van der Waals surface area contributed by atoms with Crippen LogP contribution in [0.25, 0.3) is 0 Å². The lowest BCUT2D eigenvalue weighted by molar-refractivity contribution is 0.558. The average Bonchev–Trinajstić information content (AvgIpc) is 2.30. The predicted octanol–water partition coefficient (Wildman–Crippen LogP) is 3.50. The second-order valence-corrected chi connectivity index (χ2v) is 4.04. The van der Waals surface area contributed by atoms with Gasteiger partial charge >= 0.3 is 0 Å². The number of hydrogen-bond donors (Lipinski definition) is 0. The molecule has 1 nitrogen and oxygen atoms in total. The molecule has 0 fully saturated rings. The topological polar surface area (TPSA) is 4.93 Å². The SMILES string of the molecule is Cc1ccn(C(C)C)c1C(C)C. The number of aryl methyl sites for hydroxylation is 1. The monoisotopic (exact) mass is 165 g/mol. The van der Waals surface area contributed by atoms with E-state index in [0.717, 1.165) is 0 Å². The molecule has 0 aliphatic carbocycles. The Kier molecular flexibility index (Phi) is 2.61. The van der Waals surface area contributed by atoms with Gasteiger partial charge in [-0.15, -0.1) is 0 Å². The van der Waals surface area contributed by atoms with Gasteiger partial charge in [0.1, 0.15) is 0 Å². The molecule has 0 N–H and O–H groups in total. The molecule has 0 unspecified atom stereocenters. The van der Waals surface area contributed by atoms with Crippen molar-refractivity contribution in [2.24, 2.45) is 0 Å². The summed E-state index contributed by atoms with van der Waals surface area (Å²) in [5, 5.41) is 0. The van der Waals surface area contributed by atoms with Crippen molar-refractivity contribution in [1.82, 2.24) is 4.57 Å². The second-order valence-electron chi connectivity index (χ2n) is 4.04. The molecule has 0 aromatic carbocycles. The maximum atomic E-state index is 2.36. The third kappa shape index (κ3) is 1.55. The predicted molar refractivity (Wildman–Crippen MR) is 53.6 cm³/mol. The maximum Gasteiger partial charge on any atom is 0.0277 e. The highest BCUT2D eigenvalue weighted by atomic mass is 15.0. The molecule has 1 rings (SSSR count). The zero-order valence-corrected chi connectivity index (χ0v) is 8.76. The smallest absolute Gasteiger partial charge is 0.0277 e. The lowest BCUT2D eigenvalue weighted by atomic mass is 10.1. The van der Waals surface area contributed by atoms with Gasteiger partial charge in [0.05, 0.1) is 0 Å². The van der Waals surface area contributed by atoms with Crippen LogP contribution in [0, 0.1) is 6.92 Å². The Labute approximate surface area is 75.4 Å². The first-order valence-electron chi connectivity index (χ1n) is 4.71. The summed E-state index contributed by atoms with van der Waals surface area (Å²) in [4.78, 5) is 0. The normalized spacial score (nSPS) is 11.6. The van der Waals surface area contributed by atoms with Crippen molar-refractivity contribution >= 4 is 0 Å². The van der Waals surface area contributed by atoms with E-state index in [-0.39, 0.29) is 0 Å². The molecule has 1 heteroatoms. The highest BCUT2D eigenvalue weighted by molar-refractivity contribution is 5.24. The van der Waals surface area contributed by atoms with Crippen molar-refractivity contribution in [2.45, 2.75) is 46.6 Å². The van der Waals surface area contributed by atoms with Crippen molar-refractivity contribution < 1.29 is 0 Å². The van der Waals surface area contributed by atoms with Crippen LogP contribution in [0.5, 0.6) is 0 Å². The summed E-state index contributed by atoms with van der Waals surface area (Å²) in [5.74, 6) is 0.627. The van der Waals surface area contributed by atoms with Gasteiger partial charge in [-0.25, -0.2) is 0 Å². The molecule has 0 amide bonds. The van der Waals surface area contributed by atoms with Crippen molar-refractivity contribution in [1.29, 1.82) is 0 Å². The van der Waals surface area contributed by atoms with Crippen LogP contribution in [0.15, 0.2) is 12.3 Å². The van der Waals surface area contributed by atoms with Crippen LogP contribution < -0.4 is 0 Å². The fraction of sp³-hybridized carbons (Fsp3) is 0.636. The van der Waals surface area contributed by atoms with Gasteiger partial charge in [-0.3, -0.25) is 0 Å². The summed E-state index contributed by atoms with van der Waals surface area (Å²) in [5.41, 5.74) is 2.89. The van der Waals surface area contributed by atoms with Gasteiger partial charge in [0, 0.05) is 17.9 Å². The third-order valence-electron chi connectivity index (χ3n) is 2.27. The summed E-state index contributed by atoms with van der Waals surface area (Å²) in [6.07, 6.45) is 2.19. The van der Waals surface area contributed by atoms with Gasteiger partial charge in [-0.05, 0) is 38.3 Å². The van der Waals surface area contributed by atoms with Crippen LogP contribution in [0.4, 0.5) is 0 Å². The summed E-state index contributed by atoms with van der Waals surface area (Å²) in [6, 6.07) is 2.78. The third-order valence-corrected chi connectivity index (χ3v) is 2.27. The van der Waals surface area contributed by atoms with Crippen LogP contribution in [0.1, 0.15) is 50.9 Å². The molecule has 0 spiro atoms. The summed E-state index contributed by atoms with van der Waals surface area (Å²) >= 11 is 0. The van der Waals surface area contributed by atoms with Crippen LogP contribution in [0.2, 0.25) is 0 Å². The molecule has 0 saturated carbocycles. The number of nitrogens with zero attached hydrogens (tertiary/aromatic N) is 1. The van der Waals surface area contributed by atoms with Crippen molar-refractivity contribution in [2.75, 3.05) is 0 Å². The Balaban J connectivity index is 3.12. The first-order valence-corrected chi connectivity index (χ1v) is 4.71. The minimum absolute atomic E-state index is 0.580.